The molecule has 3 rings (SSSR count). The number of nitrogens with zero attached hydrogens (tertiary/aromatic N) is 2. The lowest BCUT2D eigenvalue weighted by Crippen LogP contribution is -2.50. The second-order valence-electron chi connectivity index (χ2n) is 5.44. The maximum Gasteiger partial charge on any atom is 0.248 e. The molecule has 5 heteroatoms. The van der Waals surface area contributed by atoms with E-state index in [2.05, 4.69) is 11.0 Å². The number of piperazine rings is 1. The second kappa shape index (κ2) is 5.72. The first-order chi connectivity index (χ1) is 9.70. The molecule has 1 aromatic carbocycles. The molecule has 1 aliphatic heterocycles. The number of halogens is 1. The molecular formula is C15H19ClN2O2. The standard InChI is InChI=1S/C15H19ClN2O2/c16-13-3-1-2-12-11(13)4-5-14(12)17-6-8-18(9-7-17)15(20)10-19/h1-3,14,19H,4-10H2. The van der Waals surface area contributed by atoms with Gasteiger partial charge in [-0.25, -0.2) is 0 Å². The molecule has 1 aromatic rings. The van der Waals surface area contributed by atoms with Crippen molar-refractivity contribution < 1.29 is 9.90 Å². The van der Waals surface area contributed by atoms with Gasteiger partial charge in [0, 0.05) is 37.2 Å². The molecule has 20 heavy (non-hydrogen) atoms. The first-order valence-corrected chi connectivity index (χ1v) is 7.48. The Morgan fingerprint density at radius 2 is 2.05 bits per heavy atom. The zero-order chi connectivity index (χ0) is 14.1. The van der Waals surface area contributed by atoms with Crippen molar-refractivity contribution in [2.75, 3.05) is 32.8 Å². The summed E-state index contributed by atoms with van der Waals surface area (Å²) in [5, 5.41) is 9.78. The summed E-state index contributed by atoms with van der Waals surface area (Å²) in [5.41, 5.74) is 2.63. The van der Waals surface area contributed by atoms with Crippen LogP contribution in [0.3, 0.4) is 0 Å². The molecule has 4 nitrogen and oxygen atoms in total. The van der Waals surface area contributed by atoms with Crippen LogP contribution in [0, 0.1) is 0 Å². The van der Waals surface area contributed by atoms with Crippen molar-refractivity contribution in [3.63, 3.8) is 0 Å². The number of fused-ring (bicyclic) bond motifs is 1. The van der Waals surface area contributed by atoms with Gasteiger partial charge in [-0.15, -0.1) is 0 Å². The molecule has 0 bridgehead atoms. The maximum atomic E-state index is 11.5. The maximum absolute atomic E-state index is 11.5. The highest BCUT2D eigenvalue weighted by molar-refractivity contribution is 6.31. The van der Waals surface area contributed by atoms with Crippen LogP contribution in [-0.2, 0) is 11.2 Å². The number of carbonyl (C=O) groups excluding carboxylic acids is 1. The Hall–Kier alpha value is -1.10. The average Bonchev–Trinajstić information content (AvgIpc) is 2.92. The fourth-order valence-corrected chi connectivity index (χ4v) is 3.63. The quantitative estimate of drug-likeness (QED) is 0.898. The van der Waals surface area contributed by atoms with Crippen molar-refractivity contribution in [1.29, 1.82) is 0 Å². The minimum absolute atomic E-state index is 0.167. The van der Waals surface area contributed by atoms with Crippen LogP contribution >= 0.6 is 11.6 Å². The molecule has 1 N–H and O–H groups in total. The van der Waals surface area contributed by atoms with Crippen molar-refractivity contribution in [1.82, 2.24) is 9.80 Å². The van der Waals surface area contributed by atoms with Crippen LogP contribution in [0.4, 0.5) is 0 Å². The molecule has 2 aliphatic rings. The Labute approximate surface area is 123 Å². The van der Waals surface area contributed by atoms with Gasteiger partial charge in [0.2, 0.25) is 5.91 Å². The fraction of sp³-hybridized carbons (Fsp3) is 0.533. The third kappa shape index (κ3) is 2.43. The van der Waals surface area contributed by atoms with Gasteiger partial charge in [-0.1, -0.05) is 23.7 Å². The van der Waals surface area contributed by atoms with Crippen molar-refractivity contribution in [3.05, 3.63) is 34.3 Å². The van der Waals surface area contributed by atoms with Gasteiger partial charge in [-0.05, 0) is 30.0 Å². The molecule has 1 fully saturated rings. The van der Waals surface area contributed by atoms with E-state index in [0.717, 1.165) is 31.0 Å². The van der Waals surface area contributed by atoms with Gasteiger partial charge in [0.05, 0.1) is 0 Å². The van der Waals surface area contributed by atoms with E-state index < -0.39 is 0 Å². The molecule has 0 radical (unpaired) electrons. The molecule has 0 spiro atoms. The number of hydrogen-bond donors (Lipinski definition) is 1. The van der Waals surface area contributed by atoms with Gasteiger partial charge in [0.1, 0.15) is 6.61 Å². The topological polar surface area (TPSA) is 43.8 Å². The third-order valence-electron chi connectivity index (χ3n) is 4.42. The lowest BCUT2D eigenvalue weighted by molar-refractivity contribution is -0.136. The molecule has 1 atom stereocenters. The van der Waals surface area contributed by atoms with Gasteiger partial charge >= 0.3 is 0 Å². The summed E-state index contributed by atoms with van der Waals surface area (Å²) in [5.74, 6) is -0.167. The SMILES string of the molecule is O=C(CO)N1CCN(C2CCc3c(Cl)cccc32)CC1. The number of carbonyl (C=O) groups is 1. The van der Waals surface area contributed by atoms with Crippen LogP contribution in [0.2, 0.25) is 5.02 Å². The smallest absolute Gasteiger partial charge is 0.248 e. The average molecular weight is 295 g/mol. The predicted molar refractivity (Wildman–Crippen MR) is 77.8 cm³/mol. The van der Waals surface area contributed by atoms with E-state index in [4.69, 9.17) is 16.7 Å². The summed E-state index contributed by atoms with van der Waals surface area (Å²) < 4.78 is 0. The highest BCUT2D eigenvalue weighted by atomic mass is 35.5. The van der Waals surface area contributed by atoms with Gasteiger partial charge in [-0.2, -0.15) is 0 Å². The van der Waals surface area contributed by atoms with Crippen molar-refractivity contribution in [2.24, 2.45) is 0 Å². The minimum atomic E-state index is -0.387. The predicted octanol–water partition coefficient (Wildman–Crippen LogP) is 1.46. The monoisotopic (exact) mass is 294 g/mol. The first-order valence-electron chi connectivity index (χ1n) is 7.10. The van der Waals surface area contributed by atoms with Crippen LogP contribution in [-0.4, -0.2) is 53.6 Å². The fourth-order valence-electron chi connectivity index (χ4n) is 3.35. The second-order valence-corrected chi connectivity index (χ2v) is 5.84. The Morgan fingerprint density at radius 1 is 1.30 bits per heavy atom. The van der Waals surface area contributed by atoms with Crippen molar-refractivity contribution in [3.8, 4) is 0 Å². The number of aliphatic hydroxyl groups is 1. The molecule has 108 valence electrons. The Kier molecular flexibility index (Phi) is 3.96. The van der Waals surface area contributed by atoms with E-state index in [1.54, 1.807) is 4.90 Å². The summed E-state index contributed by atoms with van der Waals surface area (Å²) in [6.45, 7) is 2.74. The molecule has 1 unspecified atom stereocenters. The number of amides is 1. The highest BCUT2D eigenvalue weighted by Crippen LogP contribution is 2.39. The van der Waals surface area contributed by atoms with Gasteiger partial charge in [0.25, 0.3) is 0 Å². The third-order valence-corrected chi connectivity index (χ3v) is 4.78. The lowest BCUT2D eigenvalue weighted by Gasteiger charge is -2.38. The minimum Gasteiger partial charge on any atom is -0.387 e. The Bertz CT molecular complexity index is 513. The van der Waals surface area contributed by atoms with Gasteiger partial charge in [-0.3, -0.25) is 9.69 Å². The van der Waals surface area contributed by atoms with E-state index in [0.29, 0.717) is 19.1 Å². The molecule has 1 heterocycles. The summed E-state index contributed by atoms with van der Waals surface area (Å²) in [6.07, 6.45) is 2.14. The lowest BCUT2D eigenvalue weighted by atomic mass is 10.1. The normalized spacial score (nSPS) is 22.9. The highest BCUT2D eigenvalue weighted by Gasteiger charge is 2.31. The van der Waals surface area contributed by atoms with Crippen LogP contribution < -0.4 is 0 Å². The summed E-state index contributed by atoms with van der Waals surface area (Å²) in [4.78, 5) is 15.7. The molecule has 0 aromatic heterocycles. The van der Waals surface area contributed by atoms with Crippen molar-refractivity contribution in [2.45, 2.75) is 18.9 Å². The largest absolute Gasteiger partial charge is 0.387 e. The van der Waals surface area contributed by atoms with Crippen LogP contribution in [0.5, 0.6) is 0 Å². The molecular weight excluding hydrogens is 276 g/mol. The van der Waals surface area contributed by atoms with Gasteiger partial charge < -0.3 is 10.0 Å². The number of aliphatic hydroxyl groups excluding tert-OH is 1. The first kappa shape index (κ1) is 13.9. The zero-order valence-electron chi connectivity index (χ0n) is 11.4. The van der Waals surface area contributed by atoms with Crippen LogP contribution in [0.15, 0.2) is 18.2 Å². The van der Waals surface area contributed by atoms with E-state index >= 15 is 0 Å². The van der Waals surface area contributed by atoms with Crippen molar-refractivity contribution >= 4 is 17.5 Å². The summed E-state index contributed by atoms with van der Waals surface area (Å²) in [6, 6.07) is 6.57. The van der Waals surface area contributed by atoms with E-state index in [1.165, 1.54) is 11.1 Å². The zero-order valence-corrected chi connectivity index (χ0v) is 12.1. The Morgan fingerprint density at radius 3 is 2.75 bits per heavy atom. The molecule has 0 saturated carbocycles. The van der Waals surface area contributed by atoms with Gasteiger partial charge in [0.15, 0.2) is 0 Å². The number of benzene rings is 1. The van der Waals surface area contributed by atoms with E-state index in [1.807, 2.05) is 12.1 Å². The summed E-state index contributed by atoms with van der Waals surface area (Å²) in [7, 11) is 0. The molecule has 1 saturated heterocycles. The van der Waals surface area contributed by atoms with E-state index in [-0.39, 0.29) is 12.5 Å². The number of hydrogen-bond acceptors (Lipinski definition) is 3. The molecule has 1 amide bonds. The van der Waals surface area contributed by atoms with Crippen LogP contribution in [0.25, 0.3) is 0 Å². The number of rotatable bonds is 2. The molecule has 1 aliphatic carbocycles. The Balaban J connectivity index is 1.69. The summed E-state index contributed by atoms with van der Waals surface area (Å²) >= 11 is 6.26. The van der Waals surface area contributed by atoms with Crippen LogP contribution in [0.1, 0.15) is 23.6 Å². The van der Waals surface area contributed by atoms with E-state index in [9.17, 15) is 4.79 Å².